The quantitative estimate of drug-likeness (QED) is 0.122. The second-order valence-corrected chi connectivity index (χ2v) is 14.9. The van der Waals surface area contributed by atoms with Crippen LogP contribution in [-0.2, 0) is 9.53 Å². The molecule has 0 spiro atoms. The minimum absolute atomic E-state index is 0.0291. The number of hydrogen-bond donors (Lipinski definition) is 4. The van der Waals surface area contributed by atoms with Crippen molar-refractivity contribution in [1.29, 1.82) is 0 Å². The molecule has 4 aromatic rings. The molecular weight excluding hydrogens is 741 g/mol. The van der Waals surface area contributed by atoms with Gasteiger partial charge in [0.05, 0.1) is 30.9 Å². The number of methoxy groups -OCH3 is 1. The van der Waals surface area contributed by atoms with Crippen molar-refractivity contribution in [2.24, 2.45) is 11.8 Å². The third-order valence-corrected chi connectivity index (χ3v) is 10.5. The fraction of sp³-hybridized carbons (Fsp3) is 0.390. The molecular formula is C41H45F3N8O5. The summed E-state index contributed by atoms with van der Waals surface area (Å²) in [6.07, 6.45) is 1.63. The molecule has 13 nitrogen and oxygen atoms in total. The lowest BCUT2D eigenvalue weighted by Crippen LogP contribution is -2.51. The van der Waals surface area contributed by atoms with E-state index in [-0.39, 0.29) is 29.0 Å². The number of imidazole rings is 1. The van der Waals surface area contributed by atoms with Gasteiger partial charge in [0, 0.05) is 43.3 Å². The molecule has 1 aliphatic carbocycles. The number of pyridine rings is 1. The van der Waals surface area contributed by atoms with Gasteiger partial charge in [0.25, 0.3) is 5.91 Å². The first-order valence-corrected chi connectivity index (χ1v) is 18.9. The van der Waals surface area contributed by atoms with Gasteiger partial charge in [-0.3, -0.25) is 9.59 Å². The molecule has 3 atom stereocenters. The van der Waals surface area contributed by atoms with Crippen LogP contribution < -0.4 is 25.6 Å². The smallest absolute Gasteiger partial charge is 0.453 e. The fourth-order valence-corrected chi connectivity index (χ4v) is 7.27. The van der Waals surface area contributed by atoms with Gasteiger partial charge >= 0.3 is 12.5 Å². The summed E-state index contributed by atoms with van der Waals surface area (Å²) >= 11 is 0. The zero-order chi connectivity index (χ0) is 40.4. The Morgan fingerprint density at radius 2 is 1.74 bits per heavy atom. The summed E-state index contributed by atoms with van der Waals surface area (Å²) in [5.74, 6) is 0.119. The van der Waals surface area contributed by atoms with E-state index in [2.05, 4.69) is 53.5 Å². The second kappa shape index (κ2) is 16.3. The van der Waals surface area contributed by atoms with Gasteiger partial charge in [-0.1, -0.05) is 44.2 Å². The van der Waals surface area contributed by atoms with Gasteiger partial charge in [-0.05, 0) is 78.6 Å². The van der Waals surface area contributed by atoms with E-state index in [0.29, 0.717) is 40.8 Å². The van der Waals surface area contributed by atoms with Crippen molar-refractivity contribution in [2.75, 3.05) is 43.5 Å². The minimum atomic E-state index is -5.01. The topological polar surface area (TPSA) is 154 Å². The molecule has 57 heavy (non-hydrogen) atoms. The minimum Gasteiger partial charge on any atom is -0.453 e. The lowest BCUT2D eigenvalue weighted by molar-refractivity contribution is -0.274. The number of carbonyl (C=O) groups is 3. The van der Waals surface area contributed by atoms with Gasteiger partial charge in [0.1, 0.15) is 29.5 Å². The molecule has 4 N–H and O–H groups in total. The Kier molecular flexibility index (Phi) is 11.2. The number of aromatic nitrogens is 3. The highest BCUT2D eigenvalue weighted by Gasteiger charge is 2.41. The van der Waals surface area contributed by atoms with Crippen LogP contribution in [0, 0.1) is 11.8 Å². The summed E-state index contributed by atoms with van der Waals surface area (Å²) in [6, 6.07) is 13.2. The first-order chi connectivity index (χ1) is 27.3. The number of hydrogen-bond acceptors (Lipinski definition) is 9. The number of nitrogens with one attached hydrogen (secondary N) is 4. The lowest BCUT2D eigenvalue weighted by Gasteiger charge is -2.34. The number of benzene rings is 2. The number of nitrogens with zero attached hydrogens (tertiary/aromatic N) is 4. The van der Waals surface area contributed by atoms with Crippen LogP contribution in [0.3, 0.4) is 0 Å². The van der Waals surface area contributed by atoms with Crippen molar-refractivity contribution in [3.05, 3.63) is 90.0 Å². The SMILES string of the molecule is COC(=O)N[C@H](C(=O)N1CC(C2CC2)=CC1c1ncc(-c2ccc(-c3ccc(C(=O)Nc4ccc(N5CCNCC5C)nc4)cc3OC(F)(F)F)cc2)[nH]1)C(C)C. The summed E-state index contributed by atoms with van der Waals surface area (Å²) in [7, 11) is 1.25. The molecule has 1 saturated carbocycles. The van der Waals surface area contributed by atoms with Gasteiger partial charge in [0.2, 0.25) is 5.91 Å². The first kappa shape index (κ1) is 39.3. The van der Waals surface area contributed by atoms with Crippen molar-refractivity contribution in [3.8, 4) is 28.1 Å². The van der Waals surface area contributed by atoms with Crippen LogP contribution in [0.25, 0.3) is 22.4 Å². The summed E-state index contributed by atoms with van der Waals surface area (Å²) in [6.45, 7) is 8.67. The number of alkyl halides is 3. The Hall–Kier alpha value is -5.90. The van der Waals surface area contributed by atoms with E-state index in [4.69, 9.17) is 4.74 Å². The average Bonchev–Trinajstić information content (AvgIpc) is 3.75. The Morgan fingerprint density at radius 3 is 2.39 bits per heavy atom. The van der Waals surface area contributed by atoms with Crippen LogP contribution in [0.2, 0.25) is 0 Å². The van der Waals surface area contributed by atoms with E-state index in [1.165, 1.54) is 25.4 Å². The van der Waals surface area contributed by atoms with Crippen molar-refractivity contribution in [3.63, 3.8) is 0 Å². The number of rotatable bonds is 11. The van der Waals surface area contributed by atoms with Gasteiger partial charge in [-0.2, -0.15) is 0 Å². The molecule has 0 bridgehead atoms. The molecule has 2 aromatic heterocycles. The molecule has 1 saturated heterocycles. The number of carbonyl (C=O) groups excluding carboxylic acids is 3. The van der Waals surface area contributed by atoms with Gasteiger partial charge < -0.3 is 40.2 Å². The average molecular weight is 787 g/mol. The van der Waals surface area contributed by atoms with Crippen molar-refractivity contribution >= 4 is 29.4 Å². The first-order valence-electron chi connectivity index (χ1n) is 18.9. The summed E-state index contributed by atoms with van der Waals surface area (Å²) in [5, 5.41) is 8.71. The monoisotopic (exact) mass is 786 g/mol. The Labute approximate surface area is 328 Å². The number of halogens is 3. The highest BCUT2D eigenvalue weighted by atomic mass is 19.4. The number of ether oxygens (including phenoxy) is 2. The number of alkyl carbamates (subject to hydrolysis) is 1. The molecule has 16 heteroatoms. The van der Waals surface area contributed by atoms with Gasteiger partial charge in [0.15, 0.2) is 0 Å². The Balaban J connectivity index is 1.08. The largest absolute Gasteiger partial charge is 0.573 e. The predicted octanol–water partition coefficient (Wildman–Crippen LogP) is 6.69. The van der Waals surface area contributed by atoms with Crippen LogP contribution >= 0.6 is 0 Å². The predicted molar refractivity (Wildman–Crippen MR) is 207 cm³/mol. The molecule has 300 valence electrons. The van der Waals surface area contributed by atoms with Crippen molar-refractivity contribution in [2.45, 2.75) is 58.1 Å². The zero-order valence-electron chi connectivity index (χ0n) is 32.0. The van der Waals surface area contributed by atoms with E-state index >= 15 is 0 Å². The standard InChI is InChI=1S/C41H45F3N8O5/c1-23(2)36(50-40(55)56-4)39(54)52-22-29(25-5-6-25)17-33(52)37-47-21-32(49-37)27-9-7-26(8-10-27)31-13-11-28(18-34(31)57-41(42,43)44)38(53)48-30-12-14-35(46-20-30)51-16-15-45-19-24(51)3/h7-14,17-18,20-21,23-25,33,36,45H,5-6,15-16,19,22H2,1-4H3,(H,47,49)(H,48,53)(H,50,55)/t24?,33?,36-/m0/s1. The van der Waals surface area contributed by atoms with Gasteiger partial charge in [-0.15, -0.1) is 13.2 Å². The summed E-state index contributed by atoms with van der Waals surface area (Å²) in [5.41, 5.74) is 3.42. The molecule has 0 radical (unpaired) electrons. The third kappa shape index (κ3) is 9.06. The third-order valence-electron chi connectivity index (χ3n) is 10.5. The van der Waals surface area contributed by atoms with E-state index in [9.17, 15) is 27.6 Å². The van der Waals surface area contributed by atoms with Crippen molar-refractivity contribution < 1.29 is 37.0 Å². The molecule has 7 rings (SSSR count). The van der Waals surface area contributed by atoms with Crippen LogP contribution in [-0.4, -0.2) is 89.5 Å². The molecule has 2 fully saturated rings. The highest BCUT2D eigenvalue weighted by molar-refractivity contribution is 6.05. The van der Waals surface area contributed by atoms with Crippen LogP contribution in [0.1, 0.15) is 55.8 Å². The van der Waals surface area contributed by atoms with E-state index < -0.39 is 36.2 Å². The number of amides is 3. The van der Waals surface area contributed by atoms with Gasteiger partial charge in [-0.25, -0.2) is 14.8 Å². The maximum atomic E-state index is 13.9. The lowest BCUT2D eigenvalue weighted by atomic mass is 10.00. The Bertz CT molecular complexity index is 2130. The van der Waals surface area contributed by atoms with Crippen LogP contribution in [0.5, 0.6) is 5.75 Å². The number of H-pyrrole nitrogens is 1. The normalized spacial score (nSPS) is 18.9. The number of anilines is 2. The van der Waals surface area contributed by atoms with E-state index in [0.717, 1.165) is 49.9 Å². The number of piperazine rings is 1. The summed E-state index contributed by atoms with van der Waals surface area (Å²) in [4.78, 5) is 55.4. The maximum absolute atomic E-state index is 13.9. The maximum Gasteiger partial charge on any atom is 0.573 e. The van der Waals surface area contributed by atoms with E-state index in [1.807, 2.05) is 13.8 Å². The second-order valence-electron chi connectivity index (χ2n) is 14.9. The zero-order valence-corrected chi connectivity index (χ0v) is 32.0. The fourth-order valence-electron chi connectivity index (χ4n) is 7.27. The summed E-state index contributed by atoms with van der Waals surface area (Å²) < 4.78 is 50.2. The van der Waals surface area contributed by atoms with E-state index in [1.54, 1.807) is 47.5 Å². The van der Waals surface area contributed by atoms with Crippen LogP contribution in [0.4, 0.5) is 29.5 Å². The molecule has 3 aliphatic rings. The highest BCUT2D eigenvalue weighted by Crippen LogP contribution is 2.43. The molecule has 4 heterocycles. The van der Waals surface area contributed by atoms with Crippen LogP contribution in [0.15, 0.2) is 78.6 Å². The van der Waals surface area contributed by atoms with Crippen molar-refractivity contribution in [1.82, 2.24) is 30.5 Å². The molecule has 2 unspecified atom stereocenters. The molecule has 2 aliphatic heterocycles. The number of aromatic amines is 1. The Morgan fingerprint density at radius 1 is 0.982 bits per heavy atom. The molecule has 3 amide bonds. The molecule has 2 aromatic carbocycles.